The van der Waals surface area contributed by atoms with Crippen LogP contribution in [0.1, 0.15) is 48.0 Å². The molecule has 4 rings (SSSR count). The van der Waals surface area contributed by atoms with Crippen molar-refractivity contribution in [2.45, 2.75) is 75.5 Å². The lowest BCUT2D eigenvalue weighted by atomic mass is 9.75. The molecule has 3 atom stereocenters. The van der Waals surface area contributed by atoms with E-state index in [0.717, 1.165) is 9.21 Å². The lowest BCUT2D eigenvalue weighted by Gasteiger charge is -2.46. The fraction of sp³-hybridized carbons (Fsp3) is 0.567. The van der Waals surface area contributed by atoms with Crippen molar-refractivity contribution in [3.05, 3.63) is 47.9 Å². The van der Waals surface area contributed by atoms with Gasteiger partial charge in [0.15, 0.2) is 0 Å². The van der Waals surface area contributed by atoms with Gasteiger partial charge < -0.3 is 18.6 Å². The maximum Gasteiger partial charge on any atom is 0.416 e. The predicted molar refractivity (Wildman–Crippen MR) is 161 cm³/mol. The van der Waals surface area contributed by atoms with Gasteiger partial charge in [-0.05, 0) is 47.0 Å². The summed E-state index contributed by atoms with van der Waals surface area (Å²) in [6.45, 7) is 12.8. The molecule has 2 heterocycles. The molecule has 13 heteroatoms. The number of rotatable bonds is 10. The molecule has 2 amide bonds. The van der Waals surface area contributed by atoms with Crippen molar-refractivity contribution in [3.8, 4) is 5.75 Å². The van der Waals surface area contributed by atoms with Gasteiger partial charge in [0.05, 0.1) is 49.3 Å². The van der Waals surface area contributed by atoms with Crippen LogP contribution in [0.4, 0.5) is 4.79 Å². The van der Waals surface area contributed by atoms with Crippen LogP contribution in [-0.4, -0.2) is 77.3 Å². The fourth-order valence-electron chi connectivity index (χ4n) is 6.98. The first-order valence-electron chi connectivity index (χ1n) is 14.6. The van der Waals surface area contributed by atoms with Crippen molar-refractivity contribution in [1.82, 2.24) is 9.21 Å². The number of allylic oxidation sites excluding steroid dienone is 1. The van der Waals surface area contributed by atoms with Crippen LogP contribution in [0.15, 0.2) is 52.8 Å². The van der Waals surface area contributed by atoms with Crippen LogP contribution in [0.3, 0.4) is 0 Å². The van der Waals surface area contributed by atoms with Crippen LogP contribution in [0, 0.1) is 11.8 Å². The number of esters is 1. The summed E-state index contributed by atoms with van der Waals surface area (Å²) in [5, 5.41) is 0. The number of cyclic esters (lactones) is 1. The van der Waals surface area contributed by atoms with Gasteiger partial charge in [-0.25, -0.2) is 18.1 Å². The van der Waals surface area contributed by atoms with Gasteiger partial charge in [-0.3, -0.25) is 13.9 Å². The molecule has 0 bridgehead atoms. The minimum Gasteiger partial charge on any atom is -0.545 e. The largest absolute Gasteiger partial charge is 0.545 e. The van der Waals surface area contributed by atoms with Gasteiger partial charge in [0, 0.05) is 18.2 Å². The second-order valence-electron chi connectivity index (χ2n) is 12.0. The Morgan fingerprint density at radius 2 is 1.60 bits per heavy atom. The number of hydrogen-bond acceptors (Lipinski definition) is 9. The Morgan fingerprint density at radius 3 is 2.09 bits per heavy atom. The number of benzene rings is 1. The Bertz CT molecular complexity index is 1400. The SMILES string of the molecule is COC(=O)[C@H]1CC(O[Si](C(C)C)(C(C)C)C(C)C)=C2C=CN(S(=O)(=O)c3ccc(OC)cc3)[C@H]2[C@@H]1C(=O)N1CCOC1=O. The summed E-state index contributed by atoms with van der Waals surface area (Å²) in [5.41, 5.74) is 1.08. The molecule has 0 N–H and O–H groups in total. The second kappa shape index (κ2) is 12.3. The van der Waals surface area contributed by atoms with Crippen LogP contribution < -0.4 is 4.74 Å². The summed E-state index contributed by atoms with van der Waals surface area (Å²) in [6.07, 6.45) is 2.26. The van der Waals surface area contributed by atoms with E-state index >= 15 is 0 Å². The lowest BCUT2D eigenvalue weighted by molar-refractivity contribution is -0.154. The Labute approximate surface area is 255 Å². The van der Waals surface area contributed by atoms with E-state index in [1.54, 1.807) is 6.08 Å². The molecule has 1 aromatic carbocycles. The number of carbonyl (C=O) groups excluding carboxylic acids is 3. The van der Waals surface area contributed by atoms with Crippen LogP contribution in [0.5, 0.6) is 5.75 Å². The second-order valence-corrected chi connectivity index (χ2v) is 19.3. The first-order chi connectivity index (χ1) is 20.2. The Kier molecular flexibility index (Phi) is 9.36. The van der Waals surface area contributed by atoms with Crippen LogP contribution in [0.25, 0.3) is 0 Å². The zero-order valence-electron chi connectivity index (χ0n) is 26.0. The summed E-state index contributed by atoms with van der Waals surface area (Å²) < 4.78 is 51.9. The van der Waals surface area contributed by atoms with E-state index in [-0.39, 0.29) is 41.1 Å². The number of methoxy groups -OCH3 is 2. The zero-order valence-corrected chi connectivity index (χ0v) is 27.8. The molecule has 1 aliphatic carbocycles. The molecule has 1 fully saturated rings. The molecule has 0 saturated carbocycles. The van der Waals surface area contributed by atoms with Crippen molar-refractivity contribution in [2.75, 3.05) is 27.4 Å². The smallest absolute Gasteiger partial charge is 0.416 e. The number of fused-ring (bicyclic) bond motifs is 1. The maximum absolute atomic E-state index is 14.2. The Balaban J connectivity index is 1.93. The number of carbonyl (C=O) groups is 3. The fourth-order valence-corrected chi connectivity index (χ4v) is 13.8. The number of hydrogen-bond donors (Lipinski definition) is 0. The highest BCUT2D eigenvalue weighted by molar-refractivity contribution is 7.89. The first kappa shape index (κ1) is 32.6. The molecule has 0 radical (unpaired) electrons. The van der Waals surface area contributed by atoms with E-state index in [1.165, 1.54) is 44.7 Å². The third-order valence-electron chi connectivity index (χ3n) is 8.95. The molecular formula is C30H42N2O9SSi. The molecule has 2 aliphatic heterocycles. The topological polar surface area (TPSA) is 129 Å². The third kappa shape index (κ3) is 5.57. The van der Waals surface area contributed by atoms with Gasteiger partial charge in [0.2, 0.25) is 5.91 Å². The van der Waals surface area contributed by atoms with Crippen molar-refractivity contribution >= 4 is 36.3 Å². The van der Waals surface area contributed by atoms with Crippen molar-refractivity contribution < 1.29 is 41.4 Å². The zero-order chi connectivity index (χ0) is 31.9. The summed E-state index contributed by atoms with van der Waals surface area (Å²) in [5.74, 6) is -2.80. The van der Waals surface area contributed by atoms with Crippen LogP contribution in [0.2, 0.25) is 16.6 Å². The standard InChI is InChI=1S/C30H42N2O9SSi/c1-18(2)43(19(3)4,20(5)6)41-25-17-24(29(34)39-8)26(28(33)31-15-16-40-30(31)35)27-23(25)13-14-32(27)42(36,37)22-11-9-21(38-7)10-12-22/h9-14,18-20,24,26-27H,15-17H2,1-8H3/t24-,26+,27+/m0/s1. The van der Waals surface area contributed by atoms with Gasteiger partial charge in [0.25, 0.3) is 18.3 Å². The van der Waals surface area contributed by atoms with Gasteiger partial charge >= 0.3 is 12.1 Å². The predicted octanol–water partition coefficient (Wildman–Crippen LogP) is 4.82. The summed E-state index contributed by atoms with van der Waals surface area (Å²) in [6, 6.07) is 4.76. The average molecular weight is 635 g/mol. The molecule has 0 aromatic heterocycles. The number of imide groups is 1. The number of amides is 2. The third-order valence-corrected chi connectivity index (χ3v) is 16.7. The van der Waals surface area contributed by atoms with Gasteiger partial charge in [-0.2, -0.15) is 0 Å². The minimum atomic E-state index is -4.24. The van der Waals surface area contributed by atoms with E-state index in [0.29, 0.717) is 17.1 Å². The van der Waals surface area contributed by atoms with E-state index in [1.807, 2.05) is 0 Å². The highest BCUT2D eigenvalue weighted by Gasteiger charge is 2.56. The quantitative estimate of drug-likeness (QED) is 0.263. The molecule has 1 saturated heterocycles. The van der Waals surface area contributed by atoms with E-state index < -0.39 is 54.2 Å². The van der Waals surface area contributed by atoms with Gasteiger partial charge in [0.1, 0.15) is 12.4 Å². The summed E-state index contributed by atoms with van der Waals surface area (Å²) in [7, 11) is -4.10. The molecule has 43 heavy (non-hydrogen) atoms. The Hall–Kier alpha value is -3.32. The van der Waals surface area contributed by atoms with Crippen molar-refractivity contribution in [3.63, 3.8) is 0 Å². The van der Waals surface area contributed by atoms with E-state index in [9.17, 15) is 22.8 Å². The number of nitrogens with zero attached hydrogens (tertiary/aromatic N) is 2. The number of ether oxygens (including phenoxy) is 3. The van der Waals surface area contributed by atoms with E-state index in [2.05, 4.69) is 41.5 Å². The maximum atomic E-state index is 14.2. The van der Waals surface area contributed by atoms with Gasteiger partial charge in [-0.1, -0.05) is 41.5 Å². The van der Waals surface area contributed by atoms with Crippen LogP contribution >= 0.6 is 0 Å². The van der Waals surface area contributed by atoms with Crippen molar-refractivity contribution in [2.24, 2.45) is 11.8 Å². The monoisotopic (exact) mass is 634 g/mol. The Morgan fingerprint density at radius 1 is 1.00 bits per heavy atom. The molecule has 0 spiro atoms. The lowest BCUT2D eigenvalue weighted by Crippen LogP contribution is -2.55. The minimum absolute atomic E-state index is 0.0000839. The first-order valence-corrected chi connectivity index (χ1v) is 18.1. The summed E-state index contributed by atoms with van der Waals surface area (Å²) >= 11 is 0. The van der Waals surface area contributed by atoms with Crippen molar-refractivity contribution in [1.29, 1.82) is 0 Å². The highest BCUT2D eigenvalue weighted by Crippen LogP contribution is 2.50. The van der Waals surface area contributed by atoms with Gasteiger partial charge in [-0.15, -0.1) is 0 Å². The van der Waals surface area contributed by atoms with E-state index in [4.69, 9.17) is 18.6 Å². The summed E-state index contributed by atoms with van der Waals surface area (Å²) in [4.78, 5) is 40.9. The highest BCUT2D eigenvalue weighted by atomic mass is 32.2. The molecule has 3 aliphatic rings. The molecule has 0 unspecified atom stereocenters. The molecule has 1 aromatic rings. The molecular weight excluding hydrogens is 592 g/mol. The molecule has 11 nitrogen and oxygen atoms in total. The normalized spacial score (nSPS) is 22.4. The molecule has 236 valence electrons. The van der Waals surface area contributed by atoms with Crippen LogP contribution in [-0.2, 0) is 33.5 Å². The number of sulfonamides is 1. The average Bonchev–Trinajstić information content (AvgIpc) is 3.61.